The van der Waals surface area contributed by atoms with Gasteiger partial charge in [0.2, 0.25) is 5.91 Å². The SMILES string of the molecule is CNC(=O)[C@H]1CCCN(c2cc(C#N)c3cc([N+](=O)[O-])ccc3n2)C1. The van der Waals surface area contributed by atoms with Crippen molar-refractivity contribution < 1.29 is 9.72 Å². The molecule has 0 radical (unpaired) electrons. The van der Waals surface area contributed by atoms with Gasteiger partial charge in [0.25, 0.3) is 5.69 Å². The zero-order chi connectivity index (χ0) is 18.0. The molecule has 0 unspecified atom stereocenters. The van der Waals surface area contributed by atoms with Gasteiger partial charge in [-0.3, -0.25) is 14.9 Å². The lowest BCUT2D eigenvalue weighted by Crippen LogP contribution is -2.42. The van der Waals surface area contributed by atoms with Crippen molar-refractivity contribution >= 4 is 28.3 Å². The number of aromatic nitrogens is 1. The van der Waals surface area contributed by atoms with Gasteiger partial charge in [0.05, 0.1) is 28.0 Å². The Hall–Kier alpha value is -3.21. The number of carbonyl (C=O) groups excluding carboxylic acids is 1. The third kappa shape index (κ3) is 3.21. The van der Waals surface area contributed by atoms with Crippen LogP contribution in [0.2, 0.25) is 0 Å². The summed E-state index contributed by atoms with van der Waals surface area (Å²) in [6.07, 6.45) is 1.68. The molecule has 0 aliphatic carbocycles. The first-order valence-corrected chi connectivity index (χ1v) is 7.99. The number of anilines is 1. The minimum Gasteiger partial charge on any atom is -0.359 e. The number of nitro benzene ring substituents is 1. The van der Waals surface area contributed by atoms with Crippen LogP contribution in [0.5, 0.6) is 0 Å². The summed E-state index contributed by atoms with van der Waals surface area (Å²) in [5, 5.41) is 23.5. The Balaban J connectivity index is 2.00. The topological polar surface area (TPSA) is 112 Å². The zero-order valence-electron chi connectivity index (χ0n) is 13.7. The van der Waals surface area contributed by atoms with Gasteiger partial charge in [0.1, 0.15) is 5.82 Å². The first-order chi connectivity index (χ1) is 12.0. The highest BCUT2D eigenvalue weighted by atomic mass is 16.6. The summed E-state index contributed by atoms with van der Waals surface area (Å²) < 4.78 is 0. The largest absolute Gasteiger partial charge is 0.359 e. The van der Waals surface area contributed by atoms with E-state index in [-0.39, 0.29) is 17.5 Å². The highest BCUT2D eigenvalue weighted by Crippen LogP contribution is 2.28. The zero-order valence-corrected chi connectivity index (χ0v) is 13.7. The van der Waals surface area contributed by atoms with Crippen LogP contribution in [-0.2, 0) is 4.79 Å². The number of piperidine rings is 1. The fraction of sp³-hybridized carbons (Fsp3) is 0.353. The van der Waals surface area contributed by atoms with Crippen LogP contribution in [0.4, 0.5) is 11.5 Å². The second-order valence-electron chi connectivity index (χ2n) is 6.00. The maximum absolute atomic E-state index is 11.9. The fourth-order valence-electron chi connectivity index (χ4n) is 3.17. The molecular weight excluding hydrogens is 322 g/mol. The van der Waals surface area contributed by atoms with Crippen molar-refractivity contribution in [1.82, 2.24) is 10.3 Å². The maximum Gasteiger partial charge on any atom is 0.270 e. The molecule has 1 aliphatic heterocycles. The van der Waals surface area contributed by atoms with Crippen LogP contribution in [0.25, 0.3) is 10.9 Å². The molecule has 2 heterocycles. The molecule has 1 aromatic carbocycles. The predicted octanol–water partition coefficient (Wildman–Crippen LogP) is 1.98. The van der Waals surface area contributed by atoms with Crippen molar-refractivity contribution in [1.29, 1.82) is 5.26 Å². The van der Waals surface area contributed by atoms with Gasteiger partial charge in [-0.15, -0.1) is 0 Å². The average molecular weight is 339 g/mol. The molecular formula is C17H17N5O3. The standard InChI is InChI=1S/C17H17N5O3/c1-19-17(23)11-3-2-6-21(10-11)16-7-12(9-18)14-8-13(22(24)25)4-5-15(14)20-16/h4-5,7-8,11H,2-3,6,10H2,1H3,(H,19,23)/t11-/m0/s1. The molecule has 1 fully saturated rings. The van der Waals surface area contributed by atoms with Crippen LogP contribution >= 0.6 is 0 Å². The van der Waals surface area contributed by atoms with Crippen LogP contribution in [0.15, 0.2) is 24.3 Å². The number of pyridine rings is 1. The summed E-state index contributed by atoms with van der Waals surface area (Å²) in [5.74, 6) is 0.506. The van der Waals surface area contributed by atoms with Crippen molar-refractivity contribution in [3.05, 3.63) is 39.9 Å². The monoisotopic (exact) mass is 339 g/mol. The number of amides is 1. The van der Waals surface area contributed by atoms with E-state index in [1.807, 2.05) is 4.90 Å². The van der Waals surface area contributed by atoms with Crippen LogP contribution < -0.4 is 10.2 Å². The van der Waals surface area contributed by atoms with Crippen LogP contribution in [0.3, 0.4) is 0 Å². The van der Waals surface area contributed by atoms with E-state index in [1.54, 1.807) is 19.2 Å². The quantitative estimate of drug-likeness (QED) is 0.676. The molecule has 1 amide bonds. The predicted molar refractivity (Wildman–Crippen MR) is 92.1 cm³/mol. The molecule has 25 heavy (non-hydrogen) atoms. The Morgan fingerprint density at radius 3 is 2.96 bits per heavy atom. The number of fused-ring (bicyclic) bond motifs is 1. The van der Waals surface area contributed by atoms with E-state index in [4.69, 9.17) is 0 Å². The van der Waals surface area contributed by atoms with Gasteiger partial charge in [-0.2, -0.15) is 5.26 Å². The first-order valence-electron chi connectivity index (χ1n) is 7.99. The summed E-state index contributed by atoms with van der Waals surface area (Å²) >= 11 is 0. The third-order valence-corrected chi connectivity index (χ3v) is 4.47. The summed E-state index contributed by atoms with van der Waals surface area (Å²) in [6, 6.07) is 8.03. The number of nitrogens with one attached hydrogen (secondary N) is 1. The van der Waals surface area contributed by atoms with Crippen LogP contribution in [-0.4, -0.2) is 36.0 Å². The molecule has 1 saturated heterocycles. The Morgan fingerprint density at radius 1 is 1.48 bits per heavy atom. The molecule has 2 aromatic rings. The normalized spacial score (nSPS) is 17.1. The molecule has 3 rings (SSSR count). The van der Waals surface area contributed by atoms with Crippen molar-refractivity contribution in [2.45, 2.75) is 12.8 Å². The molecule has 1 aliphatic rings. The highest BCUT2D eigenvalue weighted by molar-refractivity contribution is 5.88. The number of carbonyl (C=O) groups is 1. The van der Waals surface area contributed by atoms with Crippen LogP contribution in [0.1, 0.15) is 18.4 Å². The Labute approximate surface area is 144 Å². The van der Waals surface area contributed by atoms with E-state index in [1.165, 1.54) is 12.1 Å². The van der Waals surface area contributed by atoms with Gasteiger partial charge in [-0.25, -0.2) is 4.98 Å². The molecule has 128 valence electrons. The number of benzene rings is 1. The molecule has 1 N–H and O–H groups in total. The second-order valence-corrected chi connectivity index (χ2v) is 6.00. The van der Waals surface area contributed by atoms with Gasteiger partial charge >= 0.3 is 0 Å². The third-order valence-electron chi connectivity index (χ3n) is 4.47. The number of hydrogen-bond acceptors (Lipinski definition) is 6. The van der Waals surface area contributed by atoms with E-state index in [0.29, 0.717) is 28.8 Å². The molecule has 8 heteroatoms. The molecule has 0 saturated carbocycles. The Bertz CT molecular complexity index is 890. The van der Waals surface area contributed by atoms with E-state index in [9.17, 15) is 20.2 Å². The van der Waals surface area contributed by atoms with Gasteiger partial charge in [-0.05, 0) is 25.0 Å². The molecule has 1 aromatic heterocycles. The lowest BCUT2D eigenvalue weighted by Gasteiger charge is -2.32. The van der Waals surface area contributed by atoms with Crippen molar-refractivity contribution in [2.75, 3.05) is 25.0 Å². The number of hydrogen-bond donors (Lipinski definition) is 1. The van der Waals surface area contributed by atoms with Gasteiger partial charge in [0.15, 0.2) is 0 Å². The lowest BCUT2D eigenvalue weighted by molar-refractivity contribution is -0.384. The van der Waals surface area contributed by atoms with E-state index < -0.39 is 4.92 Å². The first kappa shape index (κ1) is 16.6. The summed E-state index contributed by atoms with van der Waals surface area (Å²) in [5.41, 5.74) is 0.795. The number of rotatable bonds is 3. The smallest absolute Gasteiger partial charge is 0.270 e. The highest BCUT2D eigenvalue weighted by Gasteiger charge is 2.26. The van der Waals surface area contributed by atoms with Crippen molar-refractivity contribution in [3.63, 3.8) is 0 Å². The number of nitro groups is 1. The van der Waals surface area contributed by atoms with Crippen LogP contribution in [0, 0.1) is 27.4 Å². The number of nitriles is 1. The fourth-order valence-corrected chi connectivity index (χ4v) is 3.17. The van der Waals surface area contributed by atoms with Crippen molar-refractivity contribution in [2.24, 2.45) is 5.92 Å². The lowest BCUT2D eigenvalue weighted by atomic mass is 9.97. The Kier molecular flexibility index (Phi) is 4.48. The number of nitrogens with zero attached hydrogens (tertiary/aromatic N) is 4. The minimum atomic E-state index is -0.493. The molecule has 0 bridgehead atoms. The summed E-state index contributed by atoms with van der Waals surface area (Å²) in [7, 11) is 1.62. The van der Waals surface area contributed by atoms with E-state index in [2.05, 4.69) is 16.4 Å². The minimum absolute atomic E-state index is 0.00150. The van der Waals surface area contributed by atoms with E-state index in [0.717, 1.165) is 19.4 Å². The van der Waals surface area contributed by atoms with Crippen molar-refractivity contribution in [3.8, 4) is 6.07 Å². The molecule has 8 nitrogen and oxygen atoms in total. The average Bonchev–Trinajstić information content (AvgIpc) is 2.65. The Morgan fingerprint density at radius 2 is 2.28 bits per heavy atom. The maximum atomic E-state index is 11.9. The molecule has 1 atom stereocenters. The molecule has 0 spiro atoms. The van der Waals surface area contributed by atoms with Gasteiger partial charge < -0.3 is 10.2 Å². The van der Waals surface area contributed by atoms with Gasteiger partial charge in [0, 0.05) is 37.7 Å². The summed E-state index contributed by atoms with van der Waals surface area (Å²) in [4.78, 5) is 28.9. The van der Waals surface area contributed by atoms with Gasteiger partial charge in [-0.1, -0.05) is 0 Å². The number of non-ortho nitro benzene ring substituents is 1. The second kappa shape index (κ2) is 6.73. The van der Waals surface area contributed by atoms with E-state index >= 15 is 0 Å². The summed E-state index contributed by atoms with van der Waals surface area (Å²) in [6.45, 7) is 1.29.